The summed E-state index contributed by atoms with van der Waals surface area (Å²) in [6.45, 7) is 6.24. The zero-order valence-electron chi connectivity index (χ0n) is 9.68. The topological polar surface area (TPSA) is 12.9 Å². The van der Waals surface area contributed by atoms with Crippen LogP contribution in [0.3, 0.4) is 0 Å². The van der Waals surface area contributed by atoms with Crippen molar-refractivity contribution in [1.82, 2.24) is 4.98 Å². The van der Waals surface area contributed by atoms with Gasteiger partial charge in [-0.05, 0) is 31.4 Å². The molecule has 1 aromatic heterocycles. The molecule has 0 aliphatic carbocycles. The molecule has 1 heterocycles. The van der Waals surface area contributed by atoms with Gasteiger partial charge in [-0.15, -0.1) is 0 Å². The van der Waals surface area contributed by atoms with Crippen molar-refractivity contribution in [3.63, 3.8) is 0 Å². The molecule has 0 aliphatic rings. The van der Waals surface area contributed by atoms with Crippen molar-refractivity contribution in [2.75, 3.05) is 0 Å². The summed E-state index contributed by atoms with van der Waals surface area (Å²) in [4.78, 5) is 4.48. The van der Waals surface area contributed by atoms with Gasteiger partial charge in [0.05, 0.1) is 0 Å². The third kappa shape index (κ3) is 3.07. The Kier molecular flexibility index (Phi) is 4.83. The molecule has 15 heavy (non-hydrogen) atoms. The van der Waals surface area contributed by atoms with Crippen LogP contribution in [0.4, 0.5) is 0 Å². The summed E-state index contributed by atoms with van der Waals surface area (Å²) in [5, 5.41) is 0.807. The Morgan fingerprint density at radius 3 is 2.73 bits per heavy atom. The maximum atomic E-state index is 6.18. The first-order valence-corrected chi connectivity index (χ1v) is 5.90. The maximum Gasteiger partial charge on any atom is 0.0490 e. The average Bonchev–Trinajstić information content (AvgIpc) is 2.29. The number of allylic oxidation sites excluding steroid dienone is 1. The molecular weight excluding hydrogens is 206 g/mol. The van der Waals surface area contributed by atoms with Crippen molar-refractivity contribution in [1.29, 1.82) is 0 Å². The van der Waals surface area contributed by atoms with Crippen LogP contribution in [0.25, 0.3) is 5.03 Å². The van der Waals surface area contributed by atoms with Crippen molar-refractivity contribution in [3.8, 4) is 0 Å². The van der Waals surface area contributed by atoms with Gasteiger partial charge in [-0.1, -0.05) is 37.9 Å². The highest BCUT2D eigenvalue weighted by Gasteiger charge is 2.07. The standard InChI is InChI=1S/C13H18ClN/c1-4-7-13-11(12(14)6-3)8-10(5-2)9-15-13/h6,8-9H,4-5,7H2,1-3H3/b12-6+. The second-order valence-corrected chi connectivity index (χ2v) is 3.99. The van der Waals surface area contributed by atoms with Crippen LogP contribution >= 0.6 is 11.6 Å². The summed E-state index contributed by atoms with van der Waals surface area (Å²) in [5.41, 5.74) is 3.45. The molecule has 0 bridgehead atoms. The molecule has 0 saturated carbocycles. The Bertz CT molecular complexity index is 356. The van der Waals surface area contributed by atoms with E-state index in [4.69, 9.17) is 11.6 Å². The minimum atomic E-state index is 0.807. The highest BCUT2D eigenvalue weighted by atomic mass is 35.5. The van der Waals surface area contributed by atoms with Crippen LogP contribution < -0.4 is 0 Å². The lowest BCUT2D eigenvalue weighted by Gasteiger charge is -2.08. The van der Waals surface area contributed by atoms with Crippen LogP contribution in [0, 0.1) is 0 Å². The van der Waals surface area contributed by atoms with Gasteiger partial charge >= 0.3 is 0 Å². The quantitative estimate of drug-likeness (QED) is 0.746. The maximum absolute atomic E-state index is 6.18. The van der Waals surface area contributed by atoms with E-state index in [2.05, 4.69) is 24.9 Å². The number of hydrogen-bond donors (Lipinski definition) is 0. The van der Waals surface area contributed by atoms with Crippen LogP contribution in [-0.2, 0) is 12.8 Å². The number of rotatable bonds is 4. The highest BCUT2D eigenvalue weighted by molar-refractivity contribution is 6.48. The SMILES string of the molecule is C/C=C(/Cl)c1cc(CC)cnc1CCC. The Balaban J connectivity index is 3.16. The van der Waals surface area contributed by atoms with E-state index in [1.165, 1.54) is 5.56 Å². The van der Waals surface area contributed by atoms with E-state index in [1.807, 2.05) is 19.2 Å². The number of nitrogens with zero attached hydrogens (tertiary/aromatic N) is 1. The molecule has 2 heteroatoms. The molecule has 0 saturated heterocycles. The Morgan fingerprint density at radius 1 is 1.47 bits per heavy atom. The first-order chi connectivity index (χ1) is 7.22. The third-order valence-corrected chi connectivity index (χ3v) is 2.85. The van der Waals surface area contributed by atoms with Crippen molar-refractivity contribution in [2.45, 2.75) is 40.0 Å². The van der Waals surface area contributed by atoms with E-state index < -0.39 is 0 Å². The van der Waals surface area contributed by atoms with Crippen LogP contribution in [0.5, 0.6) is 0 Å². The van der Waals surface area contributed by atoms with Crippen LogP contribution in [0.15, 0.2) is 18.3 Å². The summed E-state index contributed by atoms with van der Waals surface area (Å²) >= 11 is 6.18. The van der Waals surface area contributed by atoms with Gasteiger partial charge in [0.25, 0.3) is 0 Å². The number of aromatic nitrogens is 1. The Hall–Kier alpha value is -0.820. The molecule has 1 nitrogen and oxygen atoms in total. The Labute approximate surface area is 97.2 Å². The summed E-state index contributed by atoms with van der Waals surface area (Å²) in [6.07, 6.45) is 6.97. The van der Waals surface area contributed by atoms with Gasteiger partial charge in [0.15, 0.2) is 0 Å². The molecule has 1 aromatic rings. The van der Waals surface area contributed by atoms with Crippen molar-refractivity contribution in [3.05, 3.63) is 35.2 Å². The lowest BCUT2D eigenvalue weighted by atomic mass is 10.1. The normalized spacial score (nSPS) is 11.9. The Morgan fingerprint density at radius 2 is 2.20 bits per heavy atom. The minimum Gasteiger partial charge on any atom is -0.260 e. The van der Waals surface area contributed by atoms with E-state index in [9.17, 15) is 0 Å². The molecule has 0 amide bonds. The number of aryl methyl sites for hydroxylation is 2. The summed E-state index contributed by atoms with van der Waals surface area (Å²) in [6, 6.07) is 2.15. The van der Waals surface area contributed by atoms with E-state index in [1.54, 1.807) is 0 Å². The first-order valence-electron chi connectivity index (χ1n) is 5.52. The largest absolute Gasteiger partial charge is 0.260 e. The molecule has 0 radical (unpaired) electrons. The molecular formula is C13H18ClN. The predicted molar refractivity (Wildman–Crippen MR) is 67.1 cm³/mol. The van der Waals surface area contributed by atoms with Gasteiger partial charge in [0, 0.05) is 22.5 Å². The summed E-state index contributed by atoms with van der Waals surface area (Å²) < 4.78 is 0. The summed E-state index contributed by atoms with van der Waals surface area (Å²) in [5.74, 6) is 0. The number of halogens is 1. The van der Waals surface area contributed by atoms with Crippen molar-refractivity contribution in [2.24, 2.45) is 0 Å². The molecule has 0 unspecified atom stereocenters. The molecule has 1 rings (SSSR count). The van der Waals surface area contributed by atoms with E-state index >= 15 is 0 Å². The van der Waals surface area contributed by atoms with Gasteiger partial charge in [-0.25, -0.2) is 0 Å². The molecule has 0 atom stereocenters. The van der Waals surface area contributed by atoms with E-state index in [0.717, 1.165) is 35.6 Å². The smallest absolute Gasteiger partial charge is 0.0490 e. The molecule has 0 aliphatic heterocycles. The van der Waals surface area contributed by atoms with Gasteiger partial charge < -0.3 is 0 Å². The van der Waals surface area contributed by atoms with Gasteiger partial charge in [0.1, 0.15) is 0 Å². The minimum absolute atomic E-state index is 0.807. The van der Waals surface area contributed by atoms with Gasteiger partial charge in [0.2, 0.25) is 0 Å². The van der Waals surface area contributed by atoms with E-state index in [-0.39, 0.29) is 0 Å². The predicted octanol–water partition coefficient (Wildman–Crippen LogP) is 4.20. The van der Waals surface area contributed by atoms with Crippen molar-refractivity contribution < 1.29 is 0 Å². The fraction of sp³-hybridized carbons (Fsp3) is 0.462. The lowest BCUT2D eigenvalue weighted by Crippen LogP contribution is -1.97. The second-order valence-electron chi connectivity index (χ2n) is 3.58. The highest BCUT2D eigenvalue weighted by Crippen LogP contribution is 2.23. The van der Waals surface area contributed by atoms with Gasteiger partial charge in [-0.2, -0.15) is 0 Å². The fourth-order valence-electron chi connectivity index (χ4n) is 1.53. The zero-order valence-corrected chi connectivity index (χ0v) is 10.4. The zero-order chi connectivity index (χ0) is 11.3. The molecule has 0 aromatic carbocycles. The van der Waals surface area contributed by atoms with E-state index in [0.29, 0.717) is 0 Å². The number of pyridine rings is 1. The van der Waals surface area contributed by atoms with Gasteiger partial charge in [-0.3, -0.25) is 4.98 Å². The second kappa shape index (κ2) is 5.92. The van der Waals surface area contributed by atoms with Crippen molar-refractivity contribution >= 4 is 16.6 Å². The van der Waals surface area contributed by atoms with Crippen LogP contribution in [-0.4, -0.2) is 4.98 Å². The average molecular weight is 224 g/mol. The number of hydrogen-bond acceptors (Lipinski definition) is 1. The monoisotopic (exact) mass is 223 g/mol. The molecule has 0 N–H and O–H groups in total. The molecule has 0 spiro atoms. The molecule has 82 valence electrons. The molecule has 0 fully saturated rings. The lowest BCUT2D eigenvalue weighted by molar-refractivity contribution is 0.873. The van der Waals surface area contributed by atoms with Crippen LogP contribution in [0.2, 0.25) is 0 Å². The fourth-order valence-corrected chi connectivity index (χ4v) is 1.69. The summed E-state index contributed by atoms with van der Waals surface area (Å²) in [7, 11) is 0. The first kappa shape index (κ1) is 12.3. The third-order valence-electron chi connectivity index (χ3n) is 2.43. The van der Waals surface area contributed by atoms with Crippen LogP contribution in [0.1, 0.15) is 44.0 Å².